The van der Waals surface area contributed by atoms with E-state index in [1.807, 2.05) is 0 Å². The van der Waals surface area contributed by atoms with Crippen molar-refractivity contribution < 1.29 is 4.74 Å². The first-order valence-electron chi connectivity index (χ1n) is 7.44. The molecule has 2 rings (SSSR count). The standard InChI is InChI=1S/C15H24IN3O/c1-4-17-15-13(16)12(9-20-3)18-14(19-15)11-7-5-6-10(2)8-11/h10-11H,4-9H2,1-3H3,(H,17,18,19). The van der Waals surface area contributed by atoms with Crippen molar-refractivity contribution in [2.75, 3.05) is 19.0 Å². The van der Waals surface area contributed by atoms with Crippen molar-refractivity contribution in [1.82, 2.24) is 9.97 Å². The van der Waals surface area contributed by atoms with Crippen LogP contribution >= 0.6 is 22.6 Å². The highest BCUT2D eigenvalue weighted by molar-refractivity contribution is 14.1. The van der Waals surface area contributed by atoms with E-state index in [9.17, 15) is 0 Å². The minimum Gasteiger partial charge on any atom is -0.378 e. The molecule has 0 bridgehead atoms. The first-order valence-corrected chi connectivity index (χ1v) is 8.52. The van der Waals surface area contributed by atoms with Gasteiger partial charge in [0.25, 0.3) is 0 Å². The summed E-state index contributed by atoms with van der Waals surface area (Å²) in [6.07, 6.45) is 5.05. The Morgan fingerprint density at radius 2 is 2.15 bits per heavy atom. The average molecular weight is 389 g/mol. The third-order valence-corrected chi connectivity index (χ3v) is 5.00. The molecule has 0 spiro atoms. The maximum atomic E-state index is 5.28. The zero-order valence-corrected chi connectivity index (χ0v) is 14.7. The number of hydrogen-bond donors (Lipinski definition) is 1. The van der Waals surface area contributed by atoms with Crippen molar-refractivity contribution in [2.24, 2.45) is 5.92 Å². The summed E-state index contributed by atoms with van der Waals surface area (Å²) >= 11 is 2.31. The molecule has 1 fully saturated rings. The molecule has 0 amide bonds. The molecule has 0 saturated heterocycles. The fourth-order valence-electron chi connectivity index (χ4n) is 2.88. The van der Waals surface area contributed by atoms with Crippen LogP contribution in [0.2, 0.25) is 0 Å². The number of hydrogen-bond acceptors (Lipinski definition) is 4. The van der Waals surface area contributed by atoms with Crippen molar-refractivity contribution in [2.45, 2.75) is 52.1 Å². The Bertz CT molecular complexity index is 426. The summed E-state index contributed by atoms with van der Waals surface area (Å²) in [5, 5.41) is 3.35. The number of anilines is 1. The number of nitrogens with zero attached hydrogens (tertiary/aromatic N) is 2. The molecule has 1 N–H and O–H groups in total. The van der Waals surface area contributed by atoms with Crippen LogP contribution in [0.15, 0.2) is 0 Å². The minimum atomic E-state index is 0.503. The van der Waals surface area contributed by atoms with Crippen LogP contribution in [-0.2, 0) is 11.3 Å². The first kappa shape index (κ1) is 15.9. The molecule has 1 aliphatic rings. The number of halogens is 1. The predicted octanol–water partition coefficient (Wildman–Crippen LogP) is 3.95. The summed E-state index contributed by atoms with van der Waals surface area (Å²) in [7, 11) is 1.72. The number of rotatable bonds is 5. The molecular weight excluding hydrogens is 365 g/mol. The van der Waals surface area contributed by atoms with Crippen LogP contribution in [0.5, 0.6) is 0 Å². The van der Waals surface area contributed by atoms with Crippen molar-refractivity contribution in [3.63, 3.8) is 0 Å². The van der Waals surface area contributed by atoms with Crippen LogP contribution < -0.4 is 5.32 Å². The molecule has 20 heavy (non-hydrogen) atoms. The Hall–Kier alpha value is -0.430. The third kappa shape index (κ3) is 3.81. The lowest BCUT2D eigenvalue weighted by Gasteiger charge is -2.26. The van der Waals surface area contributed by atoms with E-state index >= 15 is 0 Å². The molecule has 4 nitrogen and oxygen atoms in total. The van der Waals surface area contributed by atoms with Crippen molar-refractivity contribution in [1.29, 1.82) is 0 Å². The maximum absolute atomic E-state index is 5.28. The van der Waals surface area contributed by atoms with Gasteiger partial charge < -0.3 is 10.1 Å². The van der Waals surface area contributed by atoms with Gasteiger partial charge in [-0.25, -0.2) is 9.97 Å². The maximum Gasteiger partial charge on any atom is 0.143 e. The predicted molar refractivity (Wildman–Crippen MR) is 90.0 cm³/mol. The first-order chi connectivity index (χ1) is 9.65. The average Bonchev–Trinajstić information content (AvgIpc) is 2.43. The SMILES string of the molecule is CCNc1nc(C2CCCC(C)C2)nc(COC)c1I. The molecule has 2 atom stereocenters. The van der Waals surface area contributed by atoms with Crippen LogP contribution in [-0.4, -0.2) is 23.6 Å². The Labute approximate surface area is 135 Å². The summed E-state index contributed by atoms with van der Waals surface area (Å²) in [5.41, 5.74) is 1.01. The quantitative estimate of drug-likeness (QED) is 0.775. The Morgan fingerprint density at radius 1 is 1.35 bits per heavy atom. The zero-order chi connectivity index (χ0) is 14.5. The van der Waals surface area contributed by atoms with Crippen LogP contribution in [0, 0.1) is 9.49 Å². The van der Waals surface area contributed by atoms with Gasteiger partial charge in [-0.05, 0) is 48.3 Å². The molecule has 0 radical (unpaired) electrons. The second-order valence-electron chi connectivity index (χ2n) is 5.62. The normalized spacial score (nSPS) is 22.8. The van der Waals surface area contributed by atoms with E-state index < -0.39 is 0 Å². The lowest BCUT2D eigenvalue weighted by molar-refractivity contribution is 0.180. The smallest absolute Gasteiger partial charge is 0.143 e. The van der Waals surface area contributed by atoms with E-state index in [4.69, 9.17) is 14.7 Å². The largest absolute Gasteiger partial charge is 0.378 e. The van der Waals surface area contributed by atoms with Gasteiger partial charge in [0.1, 0.15) is 11.6 Å². The number of methoxy groups -OCH3 is 1. The fourth-order valence-corrected chi connectivity index (χ4v) is 3.47. The van der Waals surface area contributed by atoms with Gasteiger partial charge >= 0.3 is 0 Å². The zero-order valence-electron chi connectivity index (χ0n) is 12.6. The highest BCUT2D eigenvalue weighted by Crippen LogP contribution is 2.35. The van der Waals surface area contributed by atoms with Crippen molar-refractivity contribution in [3.8, 4) is 0 Å². The van der Waals surface area contributed by atoms with Crippen molar-refractivity contribution in [3.05, 3.63) is 15.1 Å². The van der Waals surface area contributed by atoms with Gasteiger partial charge in [-0.2, -0.15) is 0 Å². The van der Waals surface area contributed by atoms with Gasteiger partial charge in [0.2, 0.25) is 0 Å². The molecule has 1 saturated carbocycles. The number of aromatic nitrogens is 2. The molecule has 0 aliphatic heterocycles. The van der Waals surface area contributed by atoms with Gasteiger partial charge in [0.05, 0.1) is 15.9 Å². The molecule has 1 aromatic rings. The highest BCUT2D eigenvalue weighted by Gasteiger charge is 2.24. The van der Waals surface area contributed by atoms with Crippen molar-refractivity contribution >= 4 is 28.4 Å². The molecule has 5 heteroatoms. The Balaban J connectivity index is 2.31. The summed E-state index contributed by atoms with van der Waals surface area (Å²) in [6.45, 7) is 5.85. The molecular formula is C15H24IN3O. The molecule has 0 aromatic carbocycles. The van der Waals surface area contributed by atoms with E-state index in [1.54, 1.807) is 7.11 Å². The Kier molecular flexibility index (Phi) is 6.01. The molecule has 1 aromatic heterocycles. The topological polar surface area (TPSA) is 47.0 Å². The lowest BCUT2D eigenvalue weighted by Crippen LogP contribution is -2.17. The van der Waals surface area contributed by atoms with Crippen LogP contribution in [0.1, 0.15) is 57.0 Å². The minimum absolute atomic E-state index is 0.503. The highest BCUT2D eigenvalue weighted by atomic mass is 127. The number of nitrogens with one attached hydrogen (secondary N) is 1. The van der Waals surface area contributed by atoms with E-state index in [2.05, 4.69) is 41.8 Å². The third-order valence-electron chi connectivity index (χ3n) is 3.86. The van der Waals surface area contributed by atoms with E-state index in [-0.39, 0.29) is 0 Å². The van der Waals surface area contributed by atoms with Gasteiger partial charge in [0, 0.05) is 19.6 Å². The fraction of sp³-hybridized carbons (Fsp3) is 0.733. The lowest BCUT2D eigenvalue weighted by atomic mass is 9.82. The number of ether oxygens (including phenoxy) is 1. The summed E-state index contributed by atoms with van der Waals surface area (Å²) in [5.74, 6) is 3.25. The van der Waals surface area contributed by atoms with Gasteiger partial charge in [-0.15, -0.1) is 0 Å². The molecule has 1 aliphatic carbocycles. The van der Waals surface area contributed by atoms with Crippen LogP contribution in [0.4, 0.5) is 5.82 Å². The van der Waals surface area contributed by atoms with Gasteiger partial charge in [0.15, 0.2) is 0 Å². The van der Waals surface area contributed by atoms with Gasteiger partial charge in [-0.3, -0.25) is 0 Å². The molecule has 112 valence electrons. The molecule has 2 unspecified atom stereocenters. The Morgan fingerprint density at radius 3 is 2.80 bits per heavy atom. The summed E-state index contributed by atoms with van der Waals surface area (Å²) in [4.78, 5) is 9.56. The second kappa shape index (κ2) is 7.54. The second-order valence-corrected chi connectivity index (χ2v) is 6.70. The van der Waals surface area contributed by atoms with E-state index in [0.29, 0.717) is 12.5 Å². The van der Waals surface area contributed by atoms with Crippen LogP contribution in [0.3, 0.4) is 0 Å². The monoisotopic (exact) mass is 389 g/mol. The molecule has 1 heterocycles. The van der Waals surface area contributed by atoms with Crippen LogP contribution in [0.25, 0.3) is 0 Å². The van der Waals surface area contributed by atoms with Gasteiger partial charge in [-0.1, -0.05) is 19.8 Å². The summed E-state index contributed by atoms with van der Waals surface area (Å²) in [6, 6.07) is 0. The van der Waals surface area contributed by atoms with E-state index in [0.717, 1.165) is 33.4 Å². The summed E-state index contributed by atoms with van der Waals surface area (Å²) < 4.78 is 6.36. The van der Waals surface area contributed by atoms with E-state index in [1.165, 1.54) is 25.7 Å².